The number of esters is 1. The van der Waals surface area contributed by atoms with E-state index in [0.29, 0.717) is 0 Å². The Balaban J connectivity index is 1.83. The summed E-state index contributed by atoms with van der Waals surface area (Å²) in [4.78, 5) is 27.0. The Labute approximate surface area is 210 Å². The Hall–Kier alpha value is -3.35. The molecule has 1 heterocycles. The van der Waals surface area contributed by atoms with Crippen molar-refractivity contribution in [3.05, 3.63) is 120 Å². The number of rotatable bonds is 10. The summed E-state index contributed by atoms with van der Waals surface area (Å²) >= 11 is 1.57. The normalized spacial score (nSPS) is 18.5. The van der Waals surface area contributed by atoms with Crippen molar-refractivity contribution in [3.63, 3.8) is 0 Å². The first-order chi connectivity index (χ1) is 17.0. The van der Waals surface area contributed by atoms with Crippen LogP contribution in [0.15, 0.2) is 104 Å². The molecule has 3 aromatic carbocycles. The van der Waals surface area contributed by atoms with Crippen molar-refractivity contribution in [2.75, 3.05) is 13.2 Å². The maximum absolute atomic E-state index is 13.0. The molecule has 1 amide bonds. The first-order valence-corrected chi connectivity index (χ1v) is 12.5. The quantitative estimate of drug-likeness (QED) is 0.196. The summed E-state index contributed by atoms with van der Waals surface area (Å²) in [6.07, 6.45) is 0.631. The fourth-order valence-electron chi connectivity index (χ4n) is 4.54. The van der Waals surface area contributed by atoms with Gasteiger partial charge in [0.1, 0.15) is 13.2 Å². The molecule has 3 aromatic rings. The monoisotopic (exact) mass is 487 g/mol. The molecule has 35 heavy (non-hydrogen) atoms. The number of aliphatic hydroxyl groups excluding tert-OH is 1. The minimum absolute atomic E-state index is 0.0838. The van der Waals surface area contributed by atoms with Crippen LogP contribution in [0.2, 0.25) is 0 Å². The van der Waals surface area contributed by atoms with Gasteiger partial charge in [-0.15, -0.1) is 11.8 Å². The van der Waals surface area contributed by atoms with Gasteiger partial charge in [-0.3, -0.25) is 9.59 Å². The molecule has 1 aliphatic rings. The number of hydrogen-bond donors (Lipinski definition) is 1. The van der Waals surface area contributed by atoms with Gasteiger partial charge in [-0.2, -0.15) is 0 Å². The van der Waals surface area contributed by atoms with Crippen molar-refractivity contribution < 1.29 is 19.4 Å². The lowest BCUT2D eigenvalue weighted by Crippen LogP contribution is -2.64. The summed E-state index contributed by atoms with van der Waals surface area (Å²) in [5.74, 6) is -1.39. The van der Waals surface area contributed by atoms with Gasteiger partial charge in [0.25, 0.3) is 0 Å². The van der Waals surface area contributed by atoms with Gasteiger partial charge >= 0.3 is 5.97 Å². The van der Waals surface area contributed by atoms with Crippen molar-refractivity contribution >= 4 is 23.6 Å². The van der Waals surface area contributed by atoms with E-state index in [1.54, 1.807) is 18.7 Å². The van der Waals surface area contributed by atoms with E-state index in [9.17, 15) is 14.7 Å². The summed E-state index contributed by atoms with van der Waals surface area (Å²) in [6, 6.07) is 30.4. The Kier molecular flexibility index (Phi) is 7.73. The van der Waals surface area contributed by atoms with E-state index >= 15 is 0 Å². The van der Waals surface area contributed by atoms with Crippen molar-refractivity contribution in [2.24, 2.45) is 5.92 Å². The number of carbonyl (C=O) groups is 2. The third-order valence-electron chi connectivity index (χ3n) is 6.20. The second-order valence-electron chi connectivity index (χ2n) is 8.49. The number of likely N-dealkylation sites (tertiary alicyclic amines) is 1. The van der Waals surface area contributed by atoms with Crippen LogP contribution in [0.4, 0.5) is 0 Å². The van der Waals surface area contributed by atoms with Gasteiger partial charge in [-0.1, -0.05) is 104 Å². The minimum Gasteiger partial charge on any atom is -0.460 e. The molecule has 0 saturated carbocycles. The lowest BCUT2D eigenvalue weighted by molar-refractivity contribution is -0.164. The fourth-order valence-corrected chi connectivity index (χ4v) is 6.52. The molecule has 180 valence electrons. The summed E-state index contributed by atoms with van der Waals surface area (Å²) in [5, 5.41) is 10.1. The van der Waals surface area contributed by atoms with Crippen LogP contribution in [0.25, 0.3) is 0 Å². The molecule has 3 unspecified atom stereocenters. The van der Waals surface area contributed by atoms with Crippen LogP contribution < -0.4 is 0 Å². The highest BCUT2D eigenvalue weighted by Crippen LogP contribution is 2.54. The number of nitrogens with zero attached hydrogens (tertiary/aromatic N) is 1. The second kappa shape index (κ2) is 10.9. The van der Waals surface area contributed by atoms with Crippen LogP contribution in [0.3, 0.4) is 0 Å². The molecular formula is C29H29NO4S. The molecule has 1 fully saturated rings. The molecule has 0 bridgehead atoms. The van der Waals surface area contributed by atoms with Crippen molar-refractivity contribution in [3.8, 4) is 0 Å². The van der Waals surface area contributed by atoms with Gasteiger partial charge in [0.2, 0.25) is 5.91 Å². The molecule has 1 N–H and O–H groups in total. The van der Waals surface area contributed by atoms with E-state index in [-0.39, 0.29) is 19.1 Å². The summed E-state index contributed by atoms with van der Waals surface area (Å²) < 4.78 is 4.46. The average Bonchev–Trinajstić information content (AvgIpc) is 2.89. The maximum atomic E-state index is 13.0. The highest BCUT2D eigenvalue weighted by Gasteiger charge is 2.55. The molecule has 0 spiro atoms. The van der Waals surface area contributed by atoms with Crippen molar-refractivity contribution in [2.45, 2.75) is 23.1 Å². The standard InChI is InChI=1S/C29H29NO4S/c1-3-19-34-25(32)20-30-27(33)26(21(2)31)28(30)35-29(22-13-7-4-8-14-22,23-15-9-5-10-16-23)24-17-11-6-12-18-24/h3-18,21,26,28,31H,1,19-20H2,2H3. The van der Waals surface area contributed by atoms with Gasteiger partial charge in [0.05, 0.1) is 22.1 Å². The molecule has 4 rings (SSSR count). The SMILES string of the molecule is C=CCOC(=O)CN1C(=O)C(C(C)O)C1SC(c1ccccc1)(c1ccccc1)c1ccccc1. The van der Waals surface area contributed by atoms with E-state index < -0.39 is 28.1 Å². The molecular weight excluding hydrogens is 458 g/mol. The van der Waals surface area contributed by atoms with E-state index in [4.69, 9.17) is 4.74 Å². The number of hydrogen-bond acceptors (Lipinski definition) is 5. The largest absolute Gasteiger partial charge is 0.460 e. The summed E-state index contributed by atoms with van der Waals surface area (Å²) in [6.45, 7) is 5.09. The first kappa shape index (κ1) is 24.8. The van der Waals surface area contributed by atoms with Crippen LogP contribution in [0.5, 0.6) is 0 Å². The van der Waals surface area contributed by atoms with E-state index in [2.05, 4.69) is 43.0 Å². The zero-order valence-electron chi connectivity index (χ0n) is 19.6. The van der Waals surface area contributed by atoms with E-state index in [1.165, 1.54) is 11.0 Å². The first-order valence-electron chi connectivity index (χ1n) is 11.6. The summed E-state index contributed by atoms with van der Waals surface area (Å²) in [5.41, 5.74) is 3.13. The zero-order chi connectivity index (χ0) is 24.8. The minimum atomic E-state index is -0.861. The zero-order valence-corrected chi connectivity index (χ0v) is 20.4. The molecule has 0 radical (unpaired) electrons. The lowest BCUT2D eigenvalue weighted by atomic mass is 9.84. The third-order valence-corrected chi connectivity index (χ3v) is 8.05. The fraction of sp³-hybridized carbons (Fsp3) is 0.241. The van der Waals surface area contributed by atoms with Gasteiger partial charge in [0.15, 0.2) is 0 Å². The Morgan fingerprint density at radius 2 is 1.46 bits per heavy atom. The topological polar surface area (TPSA) is 66.8 Å². The average molecular weight is 488 g/mol. The van der Waals surface area contributed by atoms with Gasteiger partial charge in [-0.25, -0.2) is 0 Å². The van der Waals surface area contributed by atoms with E-state index in [1.807, 2.05) is 54.6 Å². The number of carbonyl (C=O) groups excluding carboxylic acids is 2. The van der Waals surface area contributed by atoms with Gasteiger partial charge in [0, 0.05) is 0 Å². The highest BCUT2D eigenvalue weighted by molar-refractivity contribution is 8.01. The Morgan fingerprint density at radius 3 is 1.86 bits per heavy atom. The number of aliphatic hydroxyl groups is 1. The number of benzene rings is 3. The molecule has 1 aliphatic heterocycles. The van der Waals surface area contributed by atoms with Crippen LogP contribution in [-0.4, -0.2) is 46.5 Å². The summed E-state index contributed by atoms with van der Waals surface area (Å²) in [7, 11) is 0. The van der Waals surface area contributed by atoms with Crippen LogP contribution >= 0.6 is 11.8 Å². The highest BCUT2D eigenvalue weighted by atomic mass is 32.2. The molecule has 6 heteroatoms. The number of thioether (sulfide) groups is 1. The van der Waals surface area contributed by atoms with Gasteiger partial charge < -0.3 is 14.7 Å². The van der Waals surface area contributed by atoms with Crippen LogP contribution in [0.1, 0.15) is 23.6 Å². The predicted octanol–water partition coefficient (Wildman–Crippen LogP) is 4.61. The molecule has 0 aliphatic carbocycles. The Bertz CT molecular complexity index is 1050. The number of amides is 1. The van der Waals surface area contributed by atoms with Crippen molar-refractivity contribution in [1.82, 2.24) is 4.90 Å². The molecule has 3 atom stereocenters. The third kappa shape index (κ3) is 4.90. The Morgan fingerprint density at radius 1 is 1.00 bits per heavy atom. The van der Waals surface area contributed by atoms with Crippen LogP contribution in [0, 0.1) is 5.92 Å². The van der Waals surface area contributed by atoms with E-state index in [0.717, 1.165) is 16.7 Å². The number of β-lactam (4-membered cyclic amide) rings is 1. The van der Waals surface area contributed by atoms with Gasteiger partial charge in [-0.05, 0) is 23.6 Å². The smallest absolute Gasteiger partial charge is 0.325 e. The second-order valence-corrected chi connectivity index (χ2v) is 9.82. The molecule has 1 saturated heterocycles. The molecule has 0 aromatic heterocycles. The predicted molar refractivity (Wildman–Crippen MR) is 139 cm³/mol. The van der Waals surface area contributed by atoms with Crippen LogP contribution in [-0.2, 0) is 19.1 Å². The lowest BCUT2D eigenvalue weighted by Gasteiger charge is -2.51. The molecule has 5 nitrogen and oxygen atoms in total. The maximum Gasteiger partial charge on any atom is 0.325 e. The number of ether oxygens (including phenoxy) is 1. The van der Waals surface area contributed by atoms with Crippen molar-refractivity contribution in [1.29, 1.82) is 0 Å².